The minimum Gasteiger partial charge on any atom is -0.388 e. The molecular formula is C12H17BrN2O3. The number of hydrogen-bond acceptors (Lipinski definition) is 4. The van der Waals surface area contributed by atoms with E-state index < -0.39 is 5.60 Å². The molecule has 1 unspecified atom stereocenters. The average Bonchev–Trinajstić information content (AvgIpc) is 2.35. The fourth-order valence-electron chi connectivity index (χ4n) is 1.28. The molecular weight excluding hydrogens is 300 g/mol. The van der Waals surface area contributed by atoms with Gasteiger partial charge in [-0.1, -0.05) is 0 Å². The number of hydrogen-bond donors (Lipinski definition) is 2. The Balaban J connectivity index is 2.48. The van der Waals surface area contributed by atoms with Gasteiger partial charge in [0.1, 0.15) is 5.69 Å². The number of aromatic nitrogens is 1. The summed E-state index contributed by atoms with van der Waals surface area (Å²) in [6.07, 6.45) is 2.01. The number of methoxy groups -OCH3 is 1. The number of nitrogens with zero attached hydrogens (tertiary/aromatic N) is 1. The molecule has 0 fully saturated rings. The lowest BCUT2D eigenvalue weighted by Gasteiger charge is -2.23. The fourth-order valence-corrected chi connectivity index (χ4v) is 1.52. The van der Waals surface area contributed by atoms with Crippen molar-refractivity contribution in [3.63, 3.8) is 0 Å². The molecule has 0 aliphatic rings. The molecule has 1 rings (SSSR count). The lowest BCUT2D eigenvalue weighted by atomic mass is 10.0. The van der Waals surface area contributed by atoms with Crippen molar-refractivity contribution in [2.24, 2.45) is 0 Å². The predicted molar refractivity (Wildman–Crippen MR) is 71.4 cm³/mol. The van der Waals surface area contributed by atoms with Gasteiger partial charge in [-0.3, -0.25) is 4.79 Å². The summed E-state index contributed by atoms with van der Waals surface area (Å²) in [5, 5.41) is 12.6. The van der Waals surface area contributed by atoms with Gasteiger partial charge in [-0.15, -0.1) is 0 Å². The van der Waals surface area contributed by atoms with Gasteiger partial charge >= 0.3 is 0 Å². The van der Waals surface area contributed by atoms with E-state index in [-0.39, 0.29) is 12.5 Å². The van der Waals surface area contributed by atoms with E-state index in [2.05, 4.69) is 26.2 Å². The third-order valence-corrected chi connectivity index (χ3v) is 2.90. The Labute approximate surface area is 115 Å². The summed E-state index contributed by atoms with van der Waals surface area (Å²) in [6, 6.07) is 3.36. The Morgan fingerprint density at radius 3 is 2.89 bits per heavy atom. The van der Waals surface area contributed by atoms with Crippen LogP contribution in [0.2, 0.25) is 0 Å². The van der Waals surface area contributed by atoms with E-state index in [0.717, 1.165) is 4.47 Å². The third kappa shape index (κ3) is 5.12. The van der Waals surface area contributed by atoms with E-state index in [1.54, 1.807) is 32.4 Å². The maximum Gasteiger partial charge on any atom is 0.269 e. The molecule has 100 valence electrons. The number of ether oxygens (including phenoxy) is 1. The van der Waals surface area contributed by atoms with Gasteiger partial charge in [-0.05, 0) is 35.0 Å². The minimum atomic E-state index is -0.985. The van der Waals surface area contributed by atoms with Crippen molar-refractivity contribution >= 4 is 21.8 Å². The highest BCUT2D eigenvalue weighted by Gasteiger charge is 2.21. The number of pyridine rings is 1. The zero-order valence-electron chi connectivity index (χ0n) is 10.4. The van der Waals surface area contributed by atoms with Crippen LogP contribution >= 0.6 is 15.9 Å². The minimum absolute atomic E-state index is 0.160. The molecule has 18 heavy (non-hydrogen) atoms. The van der Waals surface area contributed by atoms with E-state index in [1.165, 1.54) is 0 Å². The van der Waals surface area contributed by atoms with Crippen LogP contribution in [0.5, 0.6) is 0 Å². The second-order valence-electron chi connectivity index (χ2n) is 4.28. The first-order valence-corrected chi connectivity index (χ1v) is 6.35. The van der Waals surface area contributed by atoms with Crippen LogP contribution in [0.25, 0.3) is 0 Å². The van der Waals surface area contributed by atoms with Gasteiger partial charge in [0.25, 0.3) is 5.91 Å². The first-order chi connectivity index (χ1) is 8.44. The largest absolute Gasteiger partial charge is 0.388 e. The lowest BCUT2D eigenvalue weighted by molar-refractivity contribution is 0.0243. The van der Waals surface area contributed by atoms with Crippen LogP contribution in [0, 0.1) is 0 Å². The second kappa shape index (κ2) is 6.82. The number of aliphatic hydroxyl groups is 1. The SMILES string of the molecule is COCCC(C)(O)CNC(=O)c1ccc(Br)cn1. The smallest absolute Gasteiger partial charge is 0.269 e. The summed E-state index contributed by atoms with van der Waals surface area (Å²) < 4.78 is 5.70. The molecule has 0 aliphatic carbocycles. The van der Waals surface area contributed by atoms with Crippen molar-refractivity contribution in [1.82, 2.24) is 10.3 Å². The number of amides is 1. The maximum absolute atomic E-state index is 11.7. The van der Waals surface area contributed by atoms with Crippen LogP contribution in [-0.2, 0) is 4.74 Å². The molecule has 0 bridgehead atoms. The molecule has 1 aromatic rings. The summed E-state index contributed by atoms with van der Waals surface area (Å²) in [6.45, 7) is 2.26. The molecule has 0 aliphatic heterocycles. The van der Waals surface area contributed by atoms with Crippen molar-refractivity contribution in [3.05, 3.63) is 28.5 Å². The number of carbonyl (C=O) groups excluding carboxylic acids is 1. The molecule has 1 atom stereocenters. The molecule has 0 spiro atoms. The zero-order chi connectivity index (χ0) is 13.6. The zero-order valence-corrected chi connectivity index (χ0v) is 12.0. The van der Waals surface area contributed by atoms with Crippen LogP contribution in [0.15, 0.2) is 22.8 Å². The van der Waals surface area contributed by atoms with Crippen LogP contribution in [-0.4, -0.2) is 41.9 Å². The van der Waals surface area contributed by atoms with Gasteiger partial charge in [0.05, 0.1) is 5.60 Å². The van der Waals surface area contributed by atoms with Crippen molar-refractivity contribution in [3.8, 4) is 0 Å². The van der Waals surface area contributed by atoms with E-state index in [9.17, 15) is 9.90 Å². The number of nitrogens with one attached hydrogen (secondary N) is 1. The standard InChI is InChI=1S/C12H17BrN2O3/c1-12(17,5-6-18-2)8-15-11(16)10-4-3-9(13)7-14-10/h3-4,7,17H,5-6,8H2,1-2H3,(H,15,16). The lowest BCUT2D eigenvalue weighted by Crippen LogP contribution is -2.41. The molecule has 2 N–H and O–H groups in total. The van der Waals surface area contributed by atoms with Crippen LogP contribution in [0.1, 0.15) is 23.8 Å². The maximum atomic E-state index is 11.7. The van der Waals surface area contributed by atoms with E-state index in [4.69, 9.17) is 4.74 Å². The van der Waals surface area contributed by atoms with Gasteiger partial charge < -0.3 is 15.2 Å². The average molecular weight is 317 g/mol. The molecule has 0 saturated carbocycles. The molecule has 1 heterocycles. The second-order valence-corrected chi connectivity index (χ2v) is 5.20. The van der Waals surface area contributed by atoms with E-state index >= 15 is 0 Å². The molecule has 6 heteroatoms. The van der Waals surface area contributed by atoms with Gasteiger partial charge in [0, 0.05) is 37.4 Å². The molecule has 1 aromatic heterocycles. The van der Waals surface area contributed by atoms with Crippen molar-refractivity contribution in [1.29, 1.82) is 0 Å². The highest BCUT2D eigenvalue weighted by molar-refractivity contribution is 9.10. The highest BCUT2D eigenvalue weighted by Crippen LogP contribution is 2.09. The monoisotopic (exact) mass is 316 g/mol. The molecule has 0 aromatic carbocycles. The van der Waals surface area contributed by atoms with Crippen molar-refractivity contribution in [2.75, 3.05) is 20.3 Å². The van der Waals surface area contributed by atoms with Gasteiger partial charge in [0.2, 0.25) is 0 Å². The Bertz CT molecular complexity index is 393. The third-order valence-electron chi connectivity index (χ3n) is 2.43. The number of rotatable bonds is 6. The summed E-state index contributed by atoms with van der Waals surface area (Å²) in [7, 11) is 1.57. The summed E-state index contributed by atoms with van der Waals surface area (Å²) in [4.78, 5) is 15.7. The first-order valence-electron chi connectivity index (χ1n) is 5.56. The molecule has 5 nitrogen and oxygen atoms in total. The van der Waals surface area contributed by atoms with E-state index in [0.29, 0.717) is 18.7 Å². The summed E-state index contributed by atoms with van der Waals surface area (Å²) in [5.41, 5.74) is -0.665. The number of carbonyl (C=O) groups is 1. The Morgan fingerprint density at radius 1 is 1.61 bits per heavy atom. The summed E-state index contributed by atoms with van der Waals surface area (Å²) in [5.74, 6) is -0.305. The normalized spacial score (nSPS) is 14.0. The highest BCUT2D eigenvalue weighted by atomic mass is 79.9. The van der Waals surface area contributed by atoms with Gasteiger partial charge in [-0.25, -0.2) is 4.98 Å². The summed E-state index contributed by atoms with van der Waals surface area (Å²) >= 11 is 3.25. The van der Waals surface area contributed by atoms with Crippen LogP contribution in [0.3, 0.4) is 0 Å². The Morgan fingerprint density at radius 2 is 2.33 bits per heavy atom. The fraction of sp³-hybridized carbons (Fsp3) is 0.500. The Kier molecular flexibility index (Phi) is 5.71. The molecule has 0 saturated heterocycles. The van der Waals surface area contributed by atoms with Crippen molar-refractivity contribution < 1.29 is 14.6 Å². The van der Waals surface area contributed by atoms with Crippen molar-refractivity contribution in [2.45, 2.75) is 18.9 Å². The van der Waals surface area contributed by atoms with E-state index in [1.807, 2.05) is 0 Å². The molecule has 0 radical (unpaired) electrons. The number of halogens is 1. The predicted octanol–water partition coefficient (Wildman–Crippen LogP) is 1.36. The van der Waals surface area contributed by atoms with Crippen LogP contribution < -0.4 is 5.32 Å². The van der Waals surface area contributed by atoms with Gasteiger partial charge in [-0.2, -0.15) is 0 Å². The molecule has 1 amide bonds. The Hall–Kier alpha value is -0.980. The quantitative estimate of drug-likeness (QED) is 0.831. The topological polar surface area (TPSA) is 71.5 Å². The van der Waals surface area contributed by atoms with Gasteiger partial charge in [0.15, 0.2) is 0 Å². The first kappa shape index (κ1) is 15.1. The van der Waals surface area contributed by atoms with Crippen LogP contribution in [0.4, 0.5) is 0 Å².